The van der Waals surface area contributed by atoms with E-state index < -0.39 is 36.7 Å². The van der Waals surface area contributed by atoms with Crippen LogP contribution >= 0.6 is 12.2 Å². The molecule has 2 aliphatic heterocycles. The van der Waals surface area contributed by atoms with Crippen LogP contribution in [0.4, 0.5) is 0 Å². The maximum atomic E-state index is 11.2. The van der Waals surface area contributed by atoms with Gasteiger partial charge >= 0.3 is 11.2 Å². The van der Waals surface area contributed by atoms with Crippen LogP contribution in [0.3, 0.4) is 0 Å². The maximum Gasteiger partial charge on any atom is 0.353 e. The number of thiocarbonyl (C=S) groups is 1. The van der Waals surface area contributed by atoms with Crippen LogP contribution in [-0.4, -0.2) is 55.6 Å². The van der Waals surface area contributed by atoms with Gasteiger partial charge in [-0.15, -0.1) is 0 Å². The Bertz CT molecular complexity index is 608. The molecule has 136 valence electrons. The number of methoxy groups -OCH3 is 1. The van der Waals surface area contributed by atoms with E-state index in [1.54, 1.807) is 0 Å². The van der Waals surface area contributed by atoms with Gasteiger partial charge in [-0.3, -0.25) is 4.79 Å². The van der Waals surface area contributed by atoms with Crippen molar-refractivity contribution in [3.63, 3.8) is 0 Å². The fourth-order valence-corrected chi connectivity index (χ4v) is 3.10. The minimum absolute atomic E-state index is 0.0218. The minimum atomic E-state index is -0.692. The van der Waals surface area contributed by atoms with Crippen molar-refractivity contribution in [3.8, 4) is 0 Å². The molecule has 1 aromatic carbocycles. The molecule has 2 heterocycles. The molecule has 0 N–H and O–H groups in total. The summed E-state index contributed by atoms with van der Waals surface area (Å²) in [4.78, 5) is 11.2. The number of hydrogen-bond acceptors (Lipinski definition) is 8. The third kappa shape index (κ3) is 4.27. The molecule has 5 atom stereocenters. The van der Waals surface area contributed by atoms with E-state index in [9.17, 15) is 4.79 Å². The first kappa shape index (κ1) is 18.1. The molecule has 2 fully saturated rings. The largest absolute Gasteiger partial charge is 0.463 e. The summed E-state index contributed by atoms with van der Waals surface area (Å²) in [5.74, 6) is -0.402. The molecule has 3 rings (SSSR count). The summed E-state index contributed by atoms with van der Waals surface area (Å²) in [6.07, 6.45) is -2.83. The standard InChI is InChI=1S/C17H20O7S/c1-10(18)20-9-12-13(21-8-11-6-4-3-5-7-11)14-15(16(19-2)22-12)24-17(25)23-14/h3-7,12-16H,8-9H2,1-2H3/t12-,13-,14+,15+,16+/m1/s1. The van der Waals surface area contributed by atoms with Crippen LogP contribution in [0, 0.1) is 0 Å². The Labute approximate surface area is 151 Å². The number of rotatable bonds is 6. The SMILES string of the molecule is CO[C@H]1O[C@H](COC(C)=O)[C@@H](OCc2ccccc2)[C@@H]2OC(=S)O[C@H]12. The van der Waals surface area contributed by atoms with Crippen molar-refractivity contribution in [1.82, 2.24) is 0 Å². The van der Waals surface area contributed by atoms with Gasteiger partial charge in [0.05, 0.1) is 6.61 Å². The van der Waals surface area contributed by atoms with Crippen molar-refractivity contribution < 1.29 is 33.2 Å². The lowest BCUT2D eigenvalue weighted by Crippen LogP contribution is -2.58. The number of ether oxygens (including phenoxy) is 6. The van der Waals surface area contributed by atoms with Crippen molar-refractivity contribution in [2.24, 2.45) is 0 Å². The van der Waals surface area contributed by atoms with Crippen LogP contribution in [-0.2, 0) is 39.8 Å². The molecule has 0 unspecified atom stereocenters. The number of carbonyl (C=O) groups is 1. The Balaban J connectivity index is 1.75. The van der Waals surface area contributed by atoms with Gasteiger partial charge in [0.2, 0.25) is 0 Å². The molecule has 0 aliphatic carbocycles. The van der Waals surface area contributed by atoms with Gasteiger partial charge in [-0.2, -0.15) is 0 Å². The minimum Gasteiger partial charge on any atom is -0.463 e. The van der Waals surface area contributed by atoms with E-state index in [1.165, 1.54) is 14.0 Å². The van der Waals surface area contributed by atoms with Crippen molar-refractivity contribution >= 4 is 23.4 Å². The molecule has 0 aromatic heterocycles. The first-order valence-corrected chi connectivity index (χ1v) is 8.33. The van der Waals surface area contributed by atoms with Crippen LogP contribution in [0.15, 0.2) is 30.3 Å². The van der Waals surface area contributed by atoms with Crippen LogP contribution in [0.5, 0.6) is 0 Å². The zero-order valence-electron chi connectivity index (χ0n) is 14.0. The summed E-state index contributed by atoms with van der Waals surface area (Å²) >= 11 is 5.01. The highest BCUT2D eigenvalue weighted by Crippen LogP contribution is 2.33. The molecule has 7 nitrogen and oxygen atoms in total. The number of benzene rings is 1. The highest BCUT2D eigenvalue weighted by molar-refractivity contribution is 7.79. The molecule has 0 radical (unpaired) electrons. The van der Waals surface area contributed by atoms with Crippen LogP contribution < -0.4 is 0 Å². The molecule has 0 bridgehead atoms. The van der Waals surface area contributed by atoms with E-state index in [1.807, 2.05) is 30.3 Å². The van der Waals surface area contributed by atoms with E-state index in [0.29, 0.717) is 6.61 Å². The van der Waals surface area contributed by atoms with Gasteiger partial charge in [-0.05, 0) is 5.56 Å². The van der Waals surface area contributed by atoms with Gasteiger partial charge in [-0.1, -0.05) is 30.3 Å². The van der Waals surface area contributed by atoms with Crippen molar-refractivity contribution in [2.45, 2.75) is 44.2 Å². The maximum absolute atomic E-state index is 11.2. The Morgan fingerprint density at radius 3 is 2.60 bits per heavy atom. The van der Waals surface area contributed by atoms with E-state index in [0.717, 1.165) is 5.56 Å². The molecule has 1 aromatic rings. The van der Waals surface area contributed by atoms with Crippen LogP contribution in [0.25, 0.3) is 0 Å². The lowest BCUT2D eigenvalue weighted by atomic mass is 9.99. The molecule has 8 heteroatoms. The third-order valence-corrected chi connectivity index (χ3v) is 4.22. The number of esters is 1. The molecular weight excluding hydrogens is 348 g/mol. The Hall–Kier alpha value is -1.74. The van der Waals surface area contributed by atoms with Gasteiger partial charge in [0.15, 0.2) is 18.5 Å². The second-order valence-electron chi connectivity index (χ2n) is 5.76. The van der Waals surface area contributed by atoms with Gasteiger partial charge in [0.25, 0.3) is 0 Å². The van der Waals surface area contributed by atoms with Crippen molar-refractivity contribution in [1.29, 1.82) is 0 Å². The topological polar surface area (TPSA) is 72.5 Å². The molecule has 2 aliphatic rings. The summed E-state index contributed by atoms with van der Waals surface area (Å²) in [7, 11) is 1.50. The molecule has 0 amide bonds. The lowest BCUT2D eigenvalue weighted by Gasteiger charge is -2.40. The lowest BCUT2D eigenvalue weighted by molar-refractivity contribution is -0.280. The first-order valence-electron chi connectivity index (χ1n) is 7.93. The first-order chi connectivity index (χ1) is 12.1. The van der Waals surface area contributed by atoms with Crippen molar-refractivity contribution in [3.05, 3.63) is 35.9 Å². The second kappa shape index (κ2) is 8.09. The normalized spacial score (nSPS) is 31.0. The molecule has 0 spiro atoms. The highest BCUT2D eigenvalue weighted by Gasteiger charge is 2.54. The van der Waals surface area contributed by atoms with Gasteiger partial charge in [0, 0.05) is 26.3 Å². The van der Waals surface area contributed by atoms with Gasteiger partial charge in [0.1, 0.15) is 18.8 Å². The molecule has 25 heavy (non-hydrogen) atoms. The van der Waals surface area contributed by atoms with Crippen LogP contribution in [0.2, 0.25) is 0 Å². The average molecular weight is 368 g/mol. The van der Waals surface area contributed by atoms with Crippen LogP contribution in [0.1, 0.15) is 12.5 Å². The molecule has 0 saturated carbocycles. The Morgan fingerprint density at radius 1 is 1.20 bits per heavy atom. The Morgan fingerprint density at radius 2 is 1.92 bits per heavy atom. The zero-order valence-corrected chi connectivity index (χ0v) is 14.8. The monoisotopic (exact) mass is 368 g/mol. The zero-order chi connectivity index (χ0) is 17.8. The average Bonchev–Trinajstić information content (AvgIpc) is 3.00. The number of carbonyl (C=O) groups excluding carboxylic acids is 1. The summed E-state index contributed by atoms with van der Waals surface area (Å²) in [6.45, 7) is 1.71. The fourth-order valence-electron chi connectivity index (χ4n) is 2.88. The molecule has 2 saturated heterocycles. The number of fused-ring (bicyclic) bond motifs is 1. The second-order valence-corrected chi connectivity index (χ2v) is 6.09. The predicted octanol–water partition coefficient (Wildman–Crippen LogP) is 1.58. The quantitative estimate of drug-likeness (QED) is 0.554. The van der Waals surface area contributed by atoms with Crippen molar-refractivity contribution in [2.75, 3.05) is 13.7 Å². The third-order valence-electron chi connectivity index (χ3n) is 4.02. The van der Waals surface area contributed by atoms with E-state index in [2.05, 4.69) is 0 Å². The van der Waals surface area contributed by atoms with E-state index in [-0.39, 0.29) is 11.8 Å². The Kier molecular flexibility index (Phi) is 5.85. The summed E-state index contributed by atoms with van der Waals surface area (Å²) < 4.78 is 33.4. The fraction of sp³-hybridized carbons (Fsp3) is 0.529. The molecular formula is C17H20O7S. The summed E-state index contributed by atoms with van der Waals surface area (Å²) in [6, 6.07) is 9.71. The summed E-state index contributed by atoms with van der Waals surface area (Å²) in [5, 5.41) is 0.0297. The summed E-state index contributed by atoms with van der Waals surface area (Å²) in [5.41, 5.74) is 1.00. The van der Waals surface area contributed by atoms with E-state index in [4.69, 9.17) is 40.6 Å². The number of hydrogen-bond donors (Lipinski definition) is 0. The predicted molar refractivity (Wildman–Crippen MR) is 89.7 cm³/mol. The van der Waals surface area contributed by atoms with Gasteiger partial charge in [-0.25, -0.2) is 0 Å². The highest BCUT2D eigenvalue weighted by atomic mass is 32.1. The van der Waals surface area contributed by atoms with E-state index >= 15 is 0 Å². The smallest absolute Gasteiger partial charge is 0.353 e. The van der Waals surface area contributed by atoms with Gasteiger partial charge < -0.3 is 28.4 Å².